The van der Waals surface area contributed by atoms with Crippen LogP contribution in [0.2, 0.25) is 0 Å². The van der Waals surface area contributed by atoms with Gasteiger partial charge in [-0.25, -0.2) is 4.98 Å². The molecule has 0 amide bonds. The Balaban J connectivity index is 1.49. The Morgan fingerprint density at radius 3 is 2.77 bits per heavy atom. The second kappa shape index (κ2) is 7.87. The number of nitrogens with zero attached hydrogens (tertiary/aromatic N) is 4. The smallest absolute Gasteiger partial charge is 0.0761 e. The molecule has 0 aliphatic carbocycles. The van der Waals surface area contributed by atoms with E-state index in [-0.39, 0.29) is 0 Å². The van der Waals surface area contributed by atoms with Crippen molar-refractivity contribution in [3.63, 3.8) is 0 Å². The van der Waals surface area contributed by atoms with Crippen LogP contribution in [0.25, 0.3) is 22.2 Å². The van der Waals surface area contributed by atoms with Crippen LogP contribution in [0.4, 0.5) is 5.69 Å². The van der Waals surface area contributed by atoms with E-state index in [9.17, 15) is 0 Å². The molecule has 3 heterocycles. The number of pyridine rings is 1. The first-order valence-corrected chi connectivity index (χ1v) is 9.65. The number of fused-ring (bicyclic) bond motifs is 1. The van der Waals surface area contributed by atoms with Crippen molar-refractivity contribution in [2.24, 2.45) is 7.05 Å². The first-order valence-electron chi connectivity index (χ1n) is 9.65. The number of rotatable bonds is 6. The van der Waals surface area contributed by atoms with E-state index in [1.54, 1.807) is 0 Å². The number of benzene rings is 1. The summed E-state index contributed by atoms with van der Waals surface area (Å²) in [7, 11) is 1.93. The van der Waals surface area contributed by atoms with Gasteiger partial charge in [-0.05, 0) is 51.0 Å². The van der Waals surface area contributed by atoms with Crippen molar-refractivity contribution >= 4 is 16.6 Å². The molecule has 1 N–H and O–H groups in total. The standard InChI is InChI=1S/C21H27N5/c1-25-16-17(15-23-25)20-14-21(18-8-3-4-9-19(18)24-20)22-10-7-13-26-11-5-2-6-12-26/h3-4,8-9,14-16H,2,5-7,10-13H2,1H3,(H,22,24). The zero-order valence-electron chi connectivity index (χ0n) is 15.5. The van der Waals surface area contributed by atoms with Gasteiger partial charge < -0.3 is 10.2 Å². The molecule has 26 heavy (non-hydrogen) atoms. The molecular formula is C21H27N5. The second-order valence-corrected chi connectivity index (χ2v) is 7.16. The first-order chi connectivity index (χ1) is 12.8. The SMILES string of the molecule is Cn1cc(-c2cc(NCCCN3CCCCC3)c3ccccc3n2)cn1. The van der Waals surface area contributed by atoms with Crippen LogP contribution in [0.15, 0.2) is 42.7 Å². The second-order valence-electron chi connectivity index (χ2n) is 7.16. The average Bonchev–Trinajstić information content (AvgIpc) is 3.12. The summed E-state index contributed by atoms with van der Waals surface area (Å²) in [4.78, 5) is 7.41. The predicted molar refractivity (Wildman–Crippen MR) is 107 cm³/mol. The maximum atomic E-state index is 4.82. The zero-order chi connectivity index (χ0) is 17.8. The lowest BCUT2D eigenvalue weighted by Gasteiger charge is -2.26. The van der Waals surface area contributed by atoms with E-state index < -0.39 is 0 Å². The van der Waals surface area contributed by atoms with Gasteiger partial charge in [0.2, 0.25) is 0 Å². The number of anilines is 1. The topological polar surface area (TPSA) is 46.0 Å². The molecule has 0 radical (unpaired) electrons. The molecule has 0 unspecified atom stereocenters. The summed E-state index contributed by atoms with van der Waals surface area (Å²) < 4.78 is 1.82. The Bertz CT molecular complexity index is 864. The Kier molecular flexibility index (Phi) is 5.16. The Morgan fingerprint density at radius 2 is 1.96 bits per heavy atom. The zero-order valence-corrected chi connectivity index (χ0v) is 15.5. The fourth-order valence-electron chi connectivity index (χ4n) is 3.73. The molecule has 0 spiro atoms. The highest BCUT2D eigenvalue weighted by molar-refractivity contribution is 5.93. The van der Waals surface area contributed by atoms with Crippen molar-refractivity contribution in [3.05, 3.63) is 42.7 Å². The van der Waals surface area contributed by atoms with Crippen LogP contribution < -0.4 is 5.32 Å². The highest BCUT2D eigenvalue weighted by Gasteiger charge is 2.11. The largest absolute Gasteiger partial charge is 0.384 e. The Hall–Kier alpha value is -2.40. The van der Waals surface area contributed by atoms with E-state index in [0.29, 0.717) is 0 Å². The van der Waals surface area contributed by atoms with Crippen LogP contribution in [-0.4, -0.2) is 45.8 Å². The van der Waals surface area contributed by atoms with E-state index in [1.165, 1.54) is 50.7 Å². The molecule has 4 rings (SSSR count). The van der Waals surface area contributed by atoms with Gasteiger partial charge in [0.05, 0.1) is 17.4 Å². The van der Waals surface area contributed by atoms with Gasteiger partial charge in [0.15, 0.2) is 0 Å². The number of hydrogen-bond acceptors (Lipinski definition) is 4. The van der Waals surface area contributed by atoms with E-state index in [2.05, 4.69) is 39.6 Å². The van der Waals surface area contributed by atoms with Gasteiger partial charge in [-0.15, -0.1) is 0 Å². The van der Waals surface area contributed by atoms with Gasteiger partial charge >= 0.3 is 0 Å². The third kappa shape index (κ3) is 3.88. The lowest BCUT2D eigenvalue weighted by atomic mass is 10.1. The lowest BCUT2D eigenvalue weighted by Crippen LogP contribution is -2.31. The molecule has 1 aliphatic rings. The number of nitrogens with one attached hydrogen (secondary N) is 1. The molecule has 0 atom stereocenters. The predicted octanol–water partition coefficient (Wildman–Crippen LogP) is 3.92. The number of piperidine rings is 1. The summed E-state index contributed by atoms with van der Waals surface area (Å²) in [6, 6.07) is 10.5. The normalized spacial score (nSPS) is 15.4. The summed E-state index contributed by atoms with van der Waals surface area (Å²) in [6.07, 6.45) is 9.16. The summed E-state index contributed by atoms with van der Waals surface area (Å²) in [5.74, 6) is 0. The number of aryl methyl sites for hydroxylation is 1. The molecule has 5 nitrogen and oxygen atoms in total. The van der Waals surface area contributed by atoms with Gasteiger partial charge in [-0.3, -0.25) is 4.68 Å². The van der Waals surface area contributed by atoms with Crippen molar-refractivity contribution in [1.29, 1.82) is 0 Å². The fourth-order valence-corrected chi connectivity index (χ4v) is 3.73. The van der Waals surface area contributed by atoms with Crippen molar-refractivity contribution in [3.8, 4) is 11.3 Å². The highest BCUT2D eigenvalue weighted by atomic mass is 15.2. The highest BCUT2D eigenvalue weighted by Crippen LogP contribution is 2.28. The Labute approximate surface area is 155 Å². The van der Waals surface area contributed by atoms with E-state index >= 15 is 0 Å². The van der Waals surface area contributed by atoms with Gasteiger partial charge in [-0.1, -0.05) is 24.6 Å². The maximum Gasteiger partial charge on any atom is 0.0761 e. The molecule has 1 aliphatic heterocycles. The quantitative estimate of drug-likeness (QED) is 0.685. The van der Waals surface area contributed by atoms with Gasteiger partial charge in [-0.2, -0.15) is 5.10 Å². The van der Waals surface area contributed by atoms with Crippen LogP contribution in [0, 0.1) is 0 Å². The van der Waals surface area contributed by atoms with E-state index in [1.807, 2.05) is 30.2 Å². The molecule has 5 heteroatoms. The monoisotopic (exact) mass is 349 g/mol. The molecule has 1 saturated heterocycles. The summed E-state index contributed by atoms with van der Waals surface area (Å²) in [5.41, 5.74) is 4.20. The van der Waals surface area contributed by atoms with Crippen molar-refractivity contribution in [2.45, 2.75) is 25.7 Å². The summed E-state index contributed by atoms with van der Waals surface area (Å²) >= 11 is 0. The molecule has 3 aromatic rings. The average molecular weight is 349 g/mol. The number of hydrogen-bond donors (Lipinski definition) is 1. The van der Waals surface area contributed by atoms with Gasteiger partial charge in [0, 0.05) is 36.4 Å². The molecule has 2 aromatic heterocycles. The molecule has 1 fully saturated rings. The number of para-hydroxylation sites is 1. The molecule has 1 aromatic carbocycles. The Morgan fingerprint density at radius 1 is 1.12 bits per heavy atom. The first kappa shape index (κ1) is 17.0. The van der Waals surface area contributed by atoms with Crippen molar-refractivity contribution in [2.75, 3.05) is 31.5 Å². The van der Waals surface area contributed by atoms with Crippen molar-refractivity contribution in [1.82, 2.24) is 19.7 Å². The minimum atomic E-state index is 0.968. The maximum absolute atomic E-state index is 4.82. The third-order valence-corrected chi connectivity index (χ3v) is 5.13. The minimum absolute atomic E-state index is 0.968. The van der Waals surface area contributed by atoms with Crippen LogP contribution >= 0.6 is 0 Å². The van der Waals surface area contributed by atoms with Crippen molar-refractivity contribution < 1.29 is 0 Å². The van der Waals surface area contributed by atoms with Gasteiger partial charge in [0.1, 0.15) is 0 Å². The van der Waals surface area contributed by atoms with E-state index in [0.717, 1.165) is 29.0 Å². The third-order valence-electron chi connectivity index (χ3n) is 5.13. The number of aromatic nitrogens is 3. The van der Waals surface area contributed by atoms with Crippen LogP contribution in [0.5, 0.6) is 0 Å². The molecule has 0 bridgehead atoms. The van der Waals surface area contributed by atoms with Crippen LogP contribution in [0.1, 0.15) is 25.7 Å². The fraction of sp³-hybridized carbons (Fsp3) is 0.429. The summed E-state index contributed by atoms with van der Waals surface area (Å²) in [6.45, 7) is 4.70. The van der Waals surface area contributed by atoms with Crippen LogP contribution in [0.3, 0.4) is 0 Å². The summed E-state index contributed by atoms with van der Waals surface area (Å²) in [5, 5.41) is 9.11. The lowest BCUT2D eigenvalue weighted by molar-refractivity contribution is 0.228. The number of likely N-dealkylation sites (tertiary alicyclic amines) is 1. The molecule has 0 saturated carbocycles. The van der Waals surface area contributed by atoms with Crippen LogP contribution in [-0.2, 0) is 7.05 Å². The minimum Gasteiger partial charge on any atom is -0.384 e. The van der Waals surface area contributed by atoms with E-state index in [4.69, 9.17) is 4.98 Å². The van der Waals surface area contributed by atoms with Gasteiger partial charge in [0.25, 0.3) is 0 Å². The molecule has 136 valence electrons. The molecular weight excluding hydrogens is 322 g/mol.